The summed E-state index contributed by atoms with van der Waals surface area (Å²) in [7, 11) is 0. The van der Waals surface area contributed by atoms with Crippen LogP contribution in [0.2, 0.25) is 0 Å². The van der Waals surface area contributed by atoms with E-state index in [0.717, 1.165) is 12.1 Å². The van der Waals surface area contributed by atoms with Gasteiger partial charge in [-0.1, -0.05) is 12.1 Å². The molecule has 0 saturated carbocycles. The van der Waals surface area contributed by atoms with E-state index in [9.17, 15) is 13.6 Å². The Morgan fingerprint density at radius 3 is 2.28 bits per heavy atom. The predicted molar refractivity (Wildman–Crippen MR) is 62.3 cm³/mol. The molecule has 4 nitrogen and oxygen atoms in total. The Balaban J connectivity index is 2.60. The molecule has 2 N–H and O–H groups in total. The number of halogens is 2. The van der Waals surface area contributed by atoms with E-state index >= 15 is 0 Å². The van der Waals surface area contributed by atoms with Crippen LogP contribution in [-0.4, -0.2) is 11.0 Å². The summed E-state index contributed by atoms with van der Waals surface area (Å²) in [5.74, 6) is -1.73. The van der Waals surface area contributed by atoms with E-state index in [1.165, 1.54) is 18.3 Å². The lowest BCUT2D eigenvalue weighted by atomic mass is 10.2. The number of carbonyl (C=O) groups excluding carboxylic acids is 1. The molecule has 6 heteroatoms. The molecule has 0 aliphatic carbocycles. The van der Waals surface area contributed by atoms with Gasteiger partial charge in [0, 0.05) is 6.20 Å². The van der Waals surface area contributed by atoms with Gasteiger partial charge < -0.3 is 5.73 Å². The zero-order valence-electron chi connectivity index (χ0n) is 9.18. The fourth-order valence-electron chi connectivity index (χ4n) is 1.53. The zero-order chi connectivity index (χ0) is 13.1. The number of nitrogens with two attached hydrogens (primary N) is 1. The molecule has 1 aromatic carbocycles. The van der Waals surface area contributed by atoms with Crippen molar-refractivity contribution < 1.29 is 13.6 Å². The molecule has 18 heavy (non-hydrogen) atoms. The highest BCUT2D eigenvalue weighted by atomic mass is 19.1. The van der Waals surface area contributed by atoms with E-state index in [1.807, 2.05) is 0 Å². The van der Waals surface area contributed by atoms with Crippen LogP contribution in [0, 0.1) is 11.6 Å². The third-order valence-corrected chi connectivity index (χ3v) is 2.26. The second-order valence-electron chi connectivity index (χ2n) is 3.43. The maximum Gasteiger partial charge on any atom is 0.325 e. The lowest BCUT2D eigenvalue weighted by Crippen LogP contribution is -2.33. The van der Waals surface area contributed by atoms with Crippen molar-refractivity contribution in [3.05, 3.63) is 54.2 Å². The molecular formula is C12H9F2N3O. The SMILES string of the molecule is NC(=O)N(c1ccccn1)c1c(F)cccc1F. The molecule has 0 spiro atoms. The summed E-state index contributed by atoms with van der Waals surface area (Å²) in [6, 6.07) is 6.88. The van der Waals surface area contributed by atoms with Gasteiger partial charge in [-0.25, -0.2) is 23.5 Å². The standard InChI is InChI=1S/C12H9F2N3O/c13-8-4-3-5-9(14)11(8)17(12(15)18)10-6-1-2-7-16-10/h1-7H,(H2,15,18). The number of para-hydroxylation sites is 1. The number of hydrogen-bond acceptors (Lipinski definition) is 2. The van der Waals surface area contributed by atoms with Crippen LogP contribution in [0.4, 0.5) is 25.1 Å². The summed E-state index contributed by atoms with van der Waals surface area (Å²) in [5, 5.41) is 0. The van der Waals surface area contributed by atoms with E-state index in [1.54, 1.807) is 12.1 Å². The van der Waals surface area contributed by atoms with Crippen molar-refractivity contribution >= 4 is 17.5 Å². The molecule has 0 bridgehead atoms. The quantitative estimate of drug-likeness (QED) is 0.889. The van der Waals surface area contributed by atoms with Crippen molar-refractivity contribution in [3.8, 4) is 0 Å². The molecule has 0 saturated heterocycles. The molecule has 0 atom stereocenters. The van der Waals surface area contributed by atoms with E-state index in [0.29, 0.717) is 4.90 Å². The number of carbonyl (C=O) groups is 1. The Hall–Kier alpha value is -2.50. The number of primary amides is 1. The Bertz CT molecular complexity index is 555. The van der Waals surface area contributed by atoms with Gasteiger partial charge in [-0.2, -0.15) is 0 Å². The highest BCUT2D eigenvalue weighted by Crippen LogP contribution is 2.28. The van der Waals surface area contributed by atoms with E-state index < -0.39 is 23.4 Å². The topological polar surface area (TPSA) is 59.2 Å². The molecule has 0 aliphatic heterocycles. The highest BCUT2D eigenvalue weighted by Gasteiger charge is 2.23. The van der Waals surface area contributed by atoms with Gasteiger partial charge in [0.2, 0.25) is 0 Å². The fraction of sp³-hybridized carbons (Fsp3) is 0. The average molecular weight is 249 g/mol. The van der Waals surface area contributed by atoms with Gasteiger partial charge in [0.15, 0.2) is 0 Å². The Labute approximate surface area is 102 Å². The van der Waals surface area contributed by atoms with Crippen LogP contribution in [0.1, 0.15) is 0 Å². The van der Waals surface area contributed by atoms with Crippen LogP contribution in [0.15, 0.2) is 42.6 Å². The first-order valence-corrected chi connectivity index (χ1v) is 5.06. The maximum absolute atomic E-state index is 13.6. The molecule has 1 heterocycles. The molecule has 1 aromatic heterocycles. The minimum atomic E-state index is -1.02. The van der Waals surface area contributed by atoms with Crippen LogP contribution in [0.3, 0.4) is 0 Å². The van der Waals surface area contributed by atoms with Gasteiger partial charge in [-0.3, -0.25) is 0 Å². The first kappa shape index (κ1) is 12.0. The summed E-state index contributed by atoms with van der Waals surface area (Å²) in [4.78, 5) is 15.9. The van der Waals surface area contributed by atoms with E-state index in [4.69, 9.17) is 5.73 Å². The second kappa shape index (κ2) is 4.79. The van der Waals surface area contributed by atoms with Gasteiger partial charge in [-0.15, -0.1) is 0 Å². The third kappa shape index (κ3) is 2.13. The van der Waals surface area contributed by atoms with E-state index in [-0.39, 0.29) is 5.82 Å². The normalized spacial score (nSPS) is 10.1. The van der Waals surface area contributed by atoms with Gasteiger partial charge >= 0.3 is 6.03 Å². The molecule has 0 unspecified atom stereocenters. The van der Waals surface area contributed by atoms with Gasteiger partial charge in [0.05, 0.1) is 0 Å². The first-order chi connectivity index (χ1) is 8.61. The van der Waals surface area contributed by atoms with Crippen molar-refractivity contribution in [2.75, 3.05) is 4.90 Å². The predicted octanol–water partition coefficient (Wildman–Crippen LogP) is 2.58. The summed E-state index contributed by atoms with van der Waals surface area (Å²) in [6.45, 7) is 0. The smallest absolute Gasteiger partial charge is 0.325 e. The lowest BCUT2D eigenvalue weighted by molar-refractivity contribution is 0.255. The van der Waals surface area contributed by atoms with Gasteiger partial charge in [-0.05, 0) is 24.3 Å². The number of pyridine rings is 1. The number of anilines is 2. The number of urea groups is 1. The molecule has 2 rings (SSSR count). The van der Waals surface area contributed by atoms with Crippen molar-refractivity contribution in [2.45, 2.75) is 0 Å². The highest BCUT2D eigenvalue weighted by molar-refractivity contribution is 5.97. The van der Waals surface area contributed by atoms with Crippen molar-refractivity contribution in [3.63, 3.8) is 0 Å². The molecular weight excluding hydrogens is 240 g/mol. The largest absolute Gasteiger partial charge is 0.351 e. The van der Waals surface area contributed by atoms with Crippen molar-refractivity contribution in [1.82, 2.24) is 4.98 Å². The van der Waals surface area contributed by atoms with Crippen LogP contribution in [-0.2, 0) is 0 Å². The first-order valence-electron chi connectivity index (χ1n) is 5.06. The van der Waals surface area contributed by atoms with Crippen LogP contribution in [0.5, 0.6) is 0 Å². The second-order valence-corrected chi connectivity index (χ2v) is 3.43. The molecule has 0 fully saturated rings. The van der Waals surface area contributed by atoms with Crippen molar-refractivity contribution in [1.29, 1.82) is 0 Å². The number of amides is 2. The minimum Gasteiger partial charge on any atom is -0.351 e. The minimum absolute atomic E-state index is 0.0500. The summed E-state index contributed by atoms with van der Waals surface area (Å²) < 4.78 is 27.3. The Kier molecular flexibility index (Phi) is 3.18. The van der Waals surface area contributed by atoms with E-state index in [2.05, 4.69) is 4.98 Å². The summed E-state index contributed by atoms with van der Waals surface area (Å²) in [5.41, 5.74) is 4.61. The average Bonchev–Trinajstić information content (AvgIpc) is 2.34. The Morgan fingerprint density at radius 1 is 1.11 bits per heavy atom. The van der Waals surface area contributed by atoms with Crippen LogP contribution in [0.25, 0.3) is 0 Å². The molecule has 0 radical (unpaired) electrons. The summed E-state index contributed by atoms with van der Waals surface area (Å²) in [6.07, 6.45) is 1.39. The van der Waals surface area contributed by atoms with Crippen LogP contribution >= 0.6 is 0 Å². The van der Waals surface area contributed by atoms with Crippen LogP contribution < -0.4 is 10.6 Å². The molecule has 2 aromatic rings. The molecule has 92 valence electrons. The third-order valence-electron chi connectivity index (χ3n) is 2.26. The number of nitrogens with zero attached hydrogens (tertiary/aromatic N) is 2. The van der Waals surface area contributed by atoms with Crippen molar-refractivity contribution in [2.24, 2.45) is 5.73 Å². The zero-order valence-corrected chi connectivity index (χ0v) is 9.18. The van der Waals surface area contributed by atoms with Gasteiger partial charge in [0.1, 0.15) is 23.1 Å². The lowest BCUT2D eigenvalue weighted by Gasteiger charge is -2.20. The molecule has 0 aliphatic rings. The number of rotatable bonds is 2. The number of benzene rings is 1. The fourth-order valence-corrected chi connectivity index (χ4v) is 1.53. The Morgan fingerprint density at radius 2 is 1.78 bits per heavy atom. The number of aromatic nitrogens is 1. The summed E-state index contributed by atoms with van der Waals surface area (Å²) >= 11 is 0. The molecule has 2 amide bonds. The number of hydrogen-bond donors (Lipinski definition) is 1. The monoisotopic (exact) mass is 249 g/mol. The van der Waals surface area contributed by atoms with Gasteiger partial charge in [0.25, 0.3) is 0 Å². The maximum atomic E-state index is 13.6.